The number of carbonyl (C=O) groups is 1. The summed E-state index contributed by atoms with van der Waals surface area (Å²) in [5.41, 5.74) is 0. The molecule has 7 heteroatoms. The predicted molar refractivity (Wildman–Crippen MR) is 74.4 cm³/mol. The maximum absolute atomic E-state index is 12.1. The normalized spacial score (nSPS) is 21.6. The lowest BCUT2D eigenvalue weighted by Gasteiger charge is -2.23. The molecule has 2 fully saturated rings. The quantitative estimate of drug-likeness (QED) is 0.613. The van der Waals surface area contributed by atoms with Gasteiger partial charge in [0.2, 0.25) is 5.16 Å². The van der Waals surface area contributed by atoms with E-state index in [1.807, 2.05) is 11.6 Å². The van der Waals surface area contributed by atoms with Crippen molar-refractivity contribution in [2.24, 2.45) is 0 Å². The van der Waals surface area contributed by atoms with Crippen molar-refractivity contribution in [3.8, 4) is 0 Å². The van der Waals surface area contributed by atoms with E-state index < -0.39 is 0 Å². The molecule has 6 nitrogen and oxygen atoms in total. The van der Waals surface area contributed by atoms with Crippen LogP contribution in [0.25, 0.3) is 0 Å². The van der Waals surface area contributed by atoms with Crippen molar-refractivity contribution >= 4 is 17.7 Å². The molecule has 2 aliphatic rings. The van der Waals surface area contributed by atoms with Gasteiger partial charge in [0, 0.05) is 0 Å². The third kappa shape index (κ3) is 3.31. The molecular formula is C13H20N4O2S. The Labute approximate surface area is 122 Å². The monoisotopic (exact) mass is 296 g/mol. The van der Waals surface area contributed by atoms with Gasteiger partial charge in [-0.1, -0.05) is 18.2 Å². The molecule has 1 aromatic heterocycles. The van der Waals surface area contributed by atoms with Crippen LogP contribution in [-0.4, -0.2) is 37.5 Å². The molecule has 2 saturated carbocycles. The van der Waals surface area contributed by atoms with Gasteiger partial charge in [0.1, 0.15) is 11.4 Å². The Kier molecular flexibility index (Phi) is 4.24. The molecule has 0 N–H and O–H groups in total. The Morgan fingerprint density at radius 3 is 2.75 bits per heavy atom. The smallest absolute Gasteiger partial charge is 0.319 e. The molecule has 0 amide bonds. The first-order chi connectivity index (χ1) is 9.74. The summed E-state index contributed by atoms with van der Waals surface area (Å²) in [4.78, 5) is 12.1. The summed E-state index contributed by atoms with van der Waals surface area (Å²) in [5.74, 6) is -0.146. The van der Waals surface area contributed by atoms with Gasteiger partial charge in [0.05, 0.1) is 6.04 Å². The van der Waals surface area contributed by atoms with Gasteiger partial charge < -0.3 is 4.74 Å². The molecule has 0 spiro atoms. The standard InChI is InChI=1S/C13H20N4O2S/c1-9(12(18)19-11-5-3-2-4-6-11)20-13-14-15-16-17(13)10-7-8-10/h9-11H,2-8H2,1H3. The first-order valence-corrected chi connectivity index (χ1v) is 8.27. The summed E-state index contributed by atoms with van der Waals surface area (Å²) in [6, 6.07) is 0.425. The molecule has 0 aromatic carbocycles. The minimum atomic E-state index is -0.263. The number of rotatable bonds is 5. The molecule has 20 heavy (non-hydrogen) atoms. The lowest BCUT2D eigenvalue weighted by atomic mass is 9.98. The summed E-state index contributed by atoms with van der Waals surface area (Å²) in [7, 11) is 0. The maximum atomic E-state index is 12.1. The van der Waals surface area contributed by atoms with Crippen molar-refractivity contribution in [1.82, 2.24) is 20.2 Å². The van der Waals surface area contributed by atoms with E-state index in [-0.39, 0.29) is 17.3 Å². The number of tetrazole rings is 1. The summed E-state index contributed by atoms with van der Waals surface area (Å²) in [5, 5.41) is 12.2. The highest BCUT2D eigenvalue weighted by Crippen LogP contribution is 2.37. The van der Waals surface area contributed by atoms with E-state index in [1.165, 1.54) is 31.0 Å². The SMILES string of the molecule is CC(Sc1nnnn1C1CC1)C(=O)OC1CCCCC1. The summed E-state index contributed by atoms with van der Waals surface area (Å²) in [6.07, 6.45) is 7.96. The summed E-state index contributed by atoms with van der Waals surface area (Å²) in [6.45, 7) is 1.86. The van der Waals surface area contributed by atoms with E-state index in [4.69, 9.17) is 4.74 Å². The third-order valence-electron chi connectivity index (χ3n) is 3.80. The molecule has 2 aliphatic carbocycles. The zero-order valence-corrected chi connectivity index (χ0v) is 12.5. The highest BCUT2D eigenvalue weighted by Gasteiger charge is 2.30. The van der Waals surface area contributed by atoms with Gasteiger partial charge in [-0.05, 0) is 55.9 Å². The Hall–Kier alpha value is -1.11. The van der Waals surface area contributed by atoms with Crippen molar-refractivity contribution in [3.63, 3.8) is 0 Å². The first-order valence-electron chi connectivity index (χ1n) is 7.39. The Bertz CT molecular complexity index is 469. The molecule has 1 heterocycles. The summed E-state index contributed by atoms with van der Waals surface area (Å²) >= 11 is 1.39. The number of hydrogen-bond acceptors (Lipinski definition) is 6. The highest BCUT2D eigenvalue weighted by molar-refractivity contribution is 8.00. The molecule has 1 atom stereocenters. The lowest BCUT2D eigenvalue weighted by Crippen LogP contribution is -2.26. The second-order valence-electron chi connectivity index (χ2n) is 5.59. The zero-order chi connectivity index (χ0) is 13.9. The van der Waals surface area contributed by atoms with E-state index in [9.17, 15) is 4.79 Å². The van der Waals surface area contributed by atoms with E-state index in [0.717, 1.165) is 30.8 Å². The van der Waals surface area contributed by atoms with Gasteiger partial charge in [-0.25, -0.2) is 4.68 Å². The second kappa shape index (κ2) is 6.11. The molecular weight excluding hydrogens is 276 g/mol. The minimum Gasteiger partial charge on any atom is -0.462 e. The number of carbonyl (C=O) groups excluding carboxylic acids is 1. The third-order valence-corrected chi connectivity index (χ3v) is 4.83. The fraction of sp³-hybridized carbons (Fsp3) is 0.846. The zero-order valence-electron chi connectivity index (χ0n) is 11.7. The van der Waals surface area contributed by atoms with Gasteiger partial charge >= 0.3 is 5.97 Å². The molecule has 0 bridgehead atoms. The lowest BCUT2D eigenvalue weighted by molar-refractivity contribution is -0.149. The van der Waals surface area contributed by atoms with Crippen LogP contribution in [0.5, 0.6) is 0 Å². The molecule has 110 valence electrons. The topological polar surface area (TPSA) is 69.9 Å². The Balaban J connectivity index is 1.53. The number of hydrogen-bond donors (Lipinski definition) is 0. The number of esters is 1. The number of thioether (sulfide) groups is 1. The Morgan fingerprint density at radius 2 is 2.05 bits per heavy atom. The van der Waals surface area contributed by atoms with Crippen LogP contribution in [0.1, 0.15) is 57.9 Å². The van der Waals surface area contributed by atoms with Gasteiger partial charge in [-0.2, -0.15) is 0 Å². The van der Waals surface area contributed by atoms with Crippen molar-refractivity contribution < 1.29 is 9.53 Å². The first kappa shape index (κ1) is 13.9. The number of ether oxygens (including phenoxy) is 1. The van der Waals surface area contributed by atoms with Crippen LogP contribution in [0.4, 0.5) is 0 Å². The van der Waals surface area contributed by atoms with Gasteiger partial charge in [0.25, 0.3) is 0 Å². The number of nitrogens with zero attached hydrogens (tertiary/aromatic N) is 4. The second-order valence-corrected chi connectivity index (χ2v) is 6.90. The minimum absolute atomic E-state index is 0.110. The average molecular weight is 296 g/mol. The van der Waals surface area contributed by atoms with Crippen LogP contribution >= 0.6 is 11.8 Å². The van der Waals surface area contributed by atoms with Gasteiger partial charge in [-0.15, -0.1) is 5.10 Å². The predicted octanol–water partition coefficient (Wildman–Crippen LogP) is 2.36. The molecule has 0 saturated heterocycles. The Morgan fingerprint density at radius 1 is 1.30 bits per heavy atom. The van der Waals surface area contributed by atoms with Gasteiger partial charge in [-0.3, -0.25) is 4.79 Å². The van der Waals surface area contributed by atoms with Crippen LogP contribution in [0.3, 0.4) is 0 Å². The molecule has 1 unspecified atom stereocenters. The van der Waals surface area contributed by atoms with Crippen molar-refractivity contribution in [1.29, 1.82) is 0 Å². The van der Waals surface area contributed by atoms with Crippen LogP contribution in [0, 0.1) is 0 Å². The maximum Gasteiger partial charge on any atom is 0.319 e. The molecule has 0 radical (unpaired) electrons. The number of aromatic nitrogens is 4. The van der Waals surface area contributed by atoms with E-state index in [0.29, 0.717) is 6.04 Å². The fourth-order valence-corrected chi connectivity index (χ4v) is 3.31. The van der Waals surface area contributed by atoms with E-state index in [1.54, 1.807) is 0 Å². The van der Waals surface area contributed by atoms with Crippen molar-refractivity contribution in [3.05, 3.63) is 0 Å². The van der Waals surface area contributed by atoms with Crippen LogP contribution in [-0.2, 0) is 9.53 Å². The molecule has 0 aliphatic heterocycles. The van der Waals surface area contributed by atoms with Crippen LogP contribution < -0.4 is 0 Å². The van der Waals surface area contributed by atoms with E-state index >= 15 is 0 Å². The summed E-state index contributed by atoms with van der Waals surface area (Å²) < 4.78 is 7.41. The van der Waals surface area contributed by atoms with Crippen molar-refractivity contribution in [2.45, 2.75) is 74.4 Å². The molecule has 1 aromatic rings. The van der Waals surface area contributed by atoms with Crippen LogP contribution in [0.15, 0.2) is 5.16 Å². The molecule has 3 rings (SSSR count). The van der Waals surface area contributed by atoms with E-state index in [2.05, 4.69) is 15.5 Å². The fourth-order valence-electron chi connectivity index (χ4n) is 2.46. The highest BCUT2D eigenvalue weighted by atomic mass is 32.2. The van der Waals surface area contributed by atoms with Crippen LogP contribution in [0.2, 0.25) is 0 Å². The average Bonchev–Trinajstić information content (AvgIpc) is 3.20. The van der Waals surface area contributed by atoms with Gasteiger partial charge in [0.15, 0.2) is 0 Å². The van der Waals surface area contributed by atoms with Crippen molar-refractivity contribution in [2.75, 3.05) is 0 Å². The largest absolute Gasteiger partial charge is 0.462 e.